The van der Waals surface area contributed by atoms with Crippen LogP contribution in [0.4, 0.5) is 0 Å². The Labute approximate surface area is 129 Å². The molecule has 0 fully saturated rings. The molecule has 0 aliphatic carbocycles. The maximum absolute atomic E-state index is 12.4. The number of nitrogens with one attached hydrogen (secondary N) is 1. The second kappa shape index (κ2) is 7.37. The Kier molecular flexibility index (Phi) is 5.51. The number of rotatable bonds is 6. The van der Waals surface area contributed by atoms with Crippen molar-refractivity contribution in [1.29, 1.82) is 0 Å². The first-order valence-electron chi connectivity index (χ1n) is 7.07. The SMILES string of the molecule is O=C(NO)C1CCC=NN1S(=O)(=O)CCCc1ccccc1. The van der Waals surface area contributed by atoms with Crippen molar-refractivity contribution in [2.45, 2.75) is 31.7 Å². The molecule has 0 bridgehead atoms. The zero-order valence-corrected chi connectivity index (χ0v) is 12.9. The van der Waals surface area contributed by atoms with Gasteiger partial charge in [0, 0.05) is 6.21 Å². The number of sulfonamides is 1. The van der Waals surface area contributed by atoms with Gasteiger partial charge < -0.3 is 0 Å². The van der Waals surface area contributed by atoms with Crippen molar-refractivity contribution in [3.63, 3.8) is 0 Å². The first kappa shape index (κ1) is 16.4. The summed E-state index contributed by atoms with van der Waals surface area (Å²) >= 11 is 0. The van der Waals surface area contributed by atoms with Crippen molar-refractivity contribution in [2.24, 2.45) is 5.10 Å². The predicted molar refractivity (Wildman–Crippen MR) is 81.8 cm³/mol. The first-order valence-corrected chi connectivity index (χ1v) is 8.68. The van der Waals surface area contributed by atoms with Gasteiger partial charge in [0.05, 0.1) is 5.75 Å². The summed E-state index contributed by atoms with van der Waals surface area (Å²) in [5.41, 5.74) is 2.56. The van der Waals surface area contributed by atoms with Crippen molar-refractivity contribution < 1.29 is 18.4 Å². The molecule has 1 aromatic rings. The zero-order valence-electron chi connectivity index (χ0n) is 12.1. The smallest absolute Gasteiger partial charge is 0.269 e. The number of hydrazone groups is 1. The van der Waals surface area contributed by atoms with Gasteiger partial charge in [-0.2, -0.15) is 9.52 Å². The summed E-state index contributed by atoms with van der Waals surface area (Å²) in [5, 5.41) is 12.5. The molecule has 0 saturated carbocycles. The lowest BCUT2D eigenvalue weighted by atomic mass is 10.1. The molecule has 1 aliphatic heterocycles. The standard InChI is InChI=1S/C14H19N3O4S/c18-14(16-19)13-9-4-10-15-17(13)22(20,21)11-5-8-12-6-2-1-3-7-12/h1-3,6-7,10,13,19H,4-5,8-9,11H2,(H,16,18). The molecule has 120 valence electrons. The quantitative estimate of drug-likeness (QED) is 0.600. The second-order valence-corrected chi connectivity index (χ2v) is 6.99. The molecule has 0 radical (unpaired) electrons. The third kappa shape index (κ3) is 4.05. The van der Waals surface area contributed by atoms with E-state index in [0.29, 0.717) is 25.7 Å². The van der Waals surface area contributed by atoms with Crippen LogP contribution >= 0.6 is 0 Å². The molecular formula is C14H19N3O4S. The minimum absolute atomic E-state index is 0.103. The van der Waals surface area contributed by atoms with E-state index in [0.717, 1.165) is 9.98 Å². The largest absolute Gasteiger partial charge is 0.289 e. The van der Waals surface area contributed by atoms with E-state index in [1.807, 2.05) is 30.3 Å². The fraction of sp³-hybridized carbons (Fsp3) is 0.429. The Hall–Kier alpha value is -1.93. The van der Waals surface area contributed by atoms with Gasteiger partial charge in [0.15, 0.2) is 0 Å². The predicted octanol–water partition coefficient (Wildman–Crippen LogP) is 0.905. The van der Waals surface area contributed by atoms with Gasteiger partial charge in [0.25, 0.3) is 15.9 Å². The highest BCUT2D eigenvalue weighted by Gasteiger charge is 2.34. The molecule has 0 spiro atoms. The van der Waals surface area contributed by atoms with E-state index in [-0.39, 0.29) is 5.75 Å². The molecule has 0 saturated heterocycles. The van der Waals surface area contributed by atoms with Crippen LogP contribution in [0.15, 0.2) is 35.4 Å². The number of hydrogen-bond donors (Lipinski definition) is 2. The van der Waals surface area contributed by atoms with Crippen LogP contribution in [0.25, 0.3) is 0 Å². The second-order valence-electron chi connectivity index (χ2n) is 5.04. The number of benzene rings is 1. The van der Waals surface area contributed by atoms with Gasteiger partial charge >= 0.3 is 0 Å². The Morgan fingerprint density at radius 2 is 2.09 bits per heavy atom. The van der Waals surface area contributed by atoms with Gasteiger partial charge in [-0.15, -0.1) is 0 Å². The highest BCUT2D eigenvalue weighted by molar-refractivity contribution is 7.89. The van der Waals surface area contributed by atoms with Crippen molar-refractivity contribution in [3.8, 4) is 0 Å². The number of carbonyl (C=O) groups excluding carboxylic acids is 1. The van der Waals surface area contributed by atoms with Crippen LogP contribution in [0.3, 0.4) is 0 Å². The monoisotopic (exact) mass is 325 g/mol. The average Bonchev–Trinajstić information content (AvgIpc) is 2.55. The summed E-state index contributed by atoms with van der Waals surface area (Å²) in [7, 11) is -3.69. The molecule has 22 heavy (non-hydrogen) atoms. The first-order chi connectivity index (χ1) is 10.5. The fourth-order valence-electron chi connectivity index (χ4n) is 2.33. The Bertz CT molecular complexity index is 631. The van der Waals surface area contributed by atoms with E-state index in [1.54, 1.807) is 0 Å². The average molecular weight is 325 g/mol. The number of nitrogens with zero attached hydrogens (tertiary/aromatic N) is 2. The summed E-state index contributed by atoms with van der Waals surface area (Å²) < 4.78 is 25.5. The molecule has 2 N–H and O–H groups in total. The number of carbonyl (C=O) groups is 1. The van der Waals surface area contributed by atoms with E-state index in [9.17, 15) is 13.2 Å². The number of amides is 1. The molecule has 1 unspecified atom stereocenters. The molecular weight excluding hydrogens is 306 g/mol. The molecule has 1 amide bonds. The Morgan fingerprint density at radius 3 is 2.77 bits per heavy atom. The van der Waals surface area contributed by atoms with Gasteiger partial charge in [0.2, 0.25) is 0 Å². The van der Waals surface area contributed by atoms with Crippen molar-refractivity contribution in [3.05, 3.63) is 35.9 Å². The minimum Gasteiger partial charge on any atom is -0.289 e. The number of hydroxylamine groups is 1. The van der Waals surface area contributed by atoms with E-state index in [2.05, 4.69) is 5.10 Å². The highest BCUT2D eigenvalue weighted by Crippen LogP contribution is 2.18. The van der Waals surface area contributed by atoms with E-state index in [4.69, 9.17) is 5.21 Å². The molecule has 1 aromatic carbocycles. The fourth-order valence-corrected chi connectivity index (χ4v) is 3.83. The van der Waals surface area contributed by atoms with Crippen LogP contribution in [0, 0.1) is 0 Å². The third-order valence-electron chi connectivity index (χ3n) is 3.44. The molecule has 2 rings (SSSR count). The Balaban J connectivity index is 2.00. The van der Waals surface area contributed by atoms with Crippen LogP contribution in [0.1, 0.15) is 24.8 Å². The molecule has 7 nitrogen and oxygen atoms in total. The van der Waals surface area contributed by atoms with E-state index >= 15 is 0 Å². The van der Waals surface area contributed by atoms with E-state index in [1.165, 1.54) is 11.7 Å². The van der Waals surface area contributed by atoms with Gasteiger partial charge in [-0.1, -0.05) is 30.3 Å². The lowest BCUT2D eigenvalue weighted by Crippen LogP contribution is -2.48. The summed E-state index contributed by atoms with van der Waals surface area (Å²) in [4.78, 5) is 11.6. The molecule has 1 heterocycles. The zero-order chi connectivity index (χ0) is 16.0. The molecule has 0 aromatic heterocycles. The summed E-state index contributed by atoms with van der Waals surface area (Å²) in [6, 6.07) is 8.60. The van der Waals surface area contributed by atoms with Crippen molar-refractivity contribution in [2.75, 3.05) is 5.75 Å². The highest BCUT2D eigenvalue weighted by atomic mass is 32.2. The molecule has 1 aliphatic rings. The molecule has 8 heteroatoms. The maximum Gasteiger partial charge on any atom is 0.269 e. The van der Waals surface area contributed by atoms with Crippen LogP contribution < -0.4 is 5.48 Å². The van der Waals surface area contributed by atoms with Crippen LogP contribution in [0.5, 0.6) is 0 Å². The molecule has 1 atom stereocenters. The third-order valence-corrected chi connectivity index (χ3v) is 5.16. The van der Waals surface area contributed by atoms with Crippen molar-refractivity contribution in [1.82, 2.24) is 9.89 Å². The van der Waals surface area contributed by atoms with E-state index < -0.39 is 22.0 Å². The normalized spacial score (nSPS) is 18.2. The lowest BCUT2D eigenvalue weighted by molar-refractivity contribution is -0.133. The van der Waals surface area contributed by atoms with Gasteiger partial charge in [-0.05, 0) is 31.2 Å². The van der Waals surface area contributed by atoms with Crippen LogP contribution in [-0.4, -0.2) is 42.0 Å². The number of aryl methyl sites for hydroxylation is 1. The van der Waals surface area contributed by atoms with Gasteiger partial charge in [-0.3, -0.25) is 10.0 Å². The lowest BCUT2D eigenvalue weighted by Gasteiger charge is -2.29. The van der Waals surface area contributed by atoms with Crippen LogP contribution in [-0.2, 0) is 21.2 Å². The topological polar surface area (TPSA) is 99.1 Å². The van der Waals surface area contributed by atoms with Crippen molar-refractivity contribution >= 4 is 22.1 Å². The maximum atomic E-state index is 12.4. The van der Waals surface area contributed by atoms with Crippen LogP contribution in [0.2, 0.25) is 0 Å². The summed E-state index contributed by atoms with van der Waals surface area (Å²) in [6.45, 7) is 0. The van der Waals surface area contributed by atoms with Gasteiger partial charge in [0.1, 0.15) is 6.04 Å². The number of hydrogen-bond acceptors (Lipinski definition) is 5. The van der Waals surface area contributed by atoms with Gasteiger partial charge in [-0.25, -0.2) is 13.9 Å². The Morgan fingerprint density at radius 1 is 1.36 bits per heavy atom. The summed E-state index contributed by atoms with van der Waals surface area (Å²) in [6.07, 6.45) is 3.33. The summed E-state index contributed by atoms with van der Waals surface area (Å²) in [5.74, 6) is -0.863. The minimum atomic E-state index is -3.69.